The van der Waals surface area contributed by atoms with E-state index in [0.29, 0.717) is 51.8 Å². The topological polar surface area (TPSA) is 259 Å². The zero-order valence-corrected chi connectivity index (χ0v) is 41.5. The van der Waals surface area contributed by atoms with Gasteiger partial charge in [0.2, 0.25) is 0 Å². The molecule has 2 aromatic carbocycles. The normalized spacial score (nSPS) is 14.0. The van der Waals surface area contributed by atoms with Crippen molar-refractivity contribution in [3.63, 3.8) is 0 Å². The van der Waals surface area contributed by atoms with E-state index in [1.807, 2.05) is 0 Å². The molecule has 2 aromatic heterocycles. The third-order valence-electron chi connectivity index (χ3n) is 9.98. The van der Waals surface area contributed by atoms with Gasteiger partial charge in [0.1, 0.15) is 23.5 Å². The molecule has 1 fully saturated rings. The predicted octanol–water partition coefficient (Wildman–Crippen LogP) is 6.73. The first-order valence-corrected chi connectivity index (χ1v) is 26.1. The number of sulfonamides is 1. The van der Waals surface area contributed by atoms with Gasteiger partial charge in [-0.3, -0.25) is 18.9 Å². The lowest BCUT2D eigenvalue weighted by Crippen LogP contribution is -2.45. The summed E-state index contributed by atoms with van der Waals surface area (Å²) in [6, 6.07) is 11.6. The SMILES string of the molecule is CCOC(=O)[C@H](C)NP(=O)(N[C@@H](C)C(=O)OCC)c1ccc(-c2nc(N)sc2CC(C)C)o1.COc1ccc(Cl)cc1C(=O)NCCc1ccc(S(=O)(=O)NC(=O)NC2CCCCC2)cc1. The van der Waals surface area contributed by atoms with Crippen molar-refractivity contribution in [1.29, 1.82) is 0 Å². The number of aromatic nitrogens is 1. The molecule has 0 saturated heterocycles. The number of rotatable bonds is 20. The lowest BCUT2D eigenvalue weighted by molar-refractivity contribution is -0.145. The highest BCUT2D eigenvalue weighted by molar-refractivity contribution is 7.90. The summed E-state index contributed by atoms with van der Waals surface area (Å²) in [7, 11) is -6.29. The van der Waals surface area contributed by atoms with Crippen LogP contribution in [-0.4, -0.2) is 82.3 Å². The van der Waals surface area contributed by atoms with Gasteiger partial charge in [0.15, 0.2) is 16.4 Å². The van der Waals surface area contributed by atoms with Crippen molar-refractivity contribution >= 4 is 74.9 Å². The maximum absolute atomic E-state index is 14.0. The van der Waals surface area contributed by atoms with E-state index in [4.69, 9.17) is 36.0 Å². The molecule has 66 heavy (non-hydrogen) atoms. The van der Waals surface area contributed by atoms with Gasteiger partial charge in [-0.2, -0.15) is 0 Å². The van der Waals surface area contributed by atoms with Crippen LogP contribution in [0.1, 0.15) is 94.4 Å². The number of carbonyl (C=O) groups excluding carboxylic acids is 4. The Hall–Kier alpha value is -4.98. The highest BCUT2D eigenvalue weighted by atomic mass is 35.5. The molecule has 1 aliphatic rings. The number of thiazole rings is 1. The second-order valence-electron chi connectivity index (χ2n) is 15.8. The molecule has 2 heterocycles. The van der Waals surface area contributed by atoms with Crippen molar-refractivity contribution in [2.75, 3.05) is 32.6 Å². The second kappa shape index (κ2) is 25.2. The lowest BCUT2D eigenvalue weighted by Gasteiger charge is -2.24. The Morgan fingerprint density at radius 3 is 2.12 bits per heavy atom. The summed E-state index contributed by atoms with van der Waals surface area (Å²) >= 11 is 7.34. The molecule has 1 saturated carbocycles. The number of amides is 3. The Labute approximate surface area is 395 Å². The van der Waals surface area contributed by atoms with Crippen LogP contribution in [0.4, 0.5) is 9.93 Å². The van der Waals surface area contributed by atoms with Crippen LogP contribution in [0, 0.1) is 5.92 Å². The first-order valence-electron chi connectivity index (χ1n) is 21.7. The number of esters is 2. The van der Waals surface area contributed by atoms with E-state index < -0.39 is 47.5 Å². The lowest BCUT2D eigenvalue weighted by atomic mass is 9.96. The third-order valence-corrected chi connectivity index (χ3v) is 14.8. The number of hydrogen-bond donors (Lipinski definition) is 6. The zero-order valence-electron chi connectivity index (χ0n) is 38.2. The number of anilines is 1. The van der Waals surface area contributed by atoms with Crippen LogP contribution in [-0.2, 0) is 46.5 Å². The van der Waals surface area contributed by atoms with Crippen LogP contribution in [0.25, 0.3) is 11.5 Å². The molecule has 362 valence electrons. The van der Waals surface area contributed by atoms with Gasteiger partial charge < -0.3 is 35.0 Å². The van der Waals surface area contributed by atoms with E-state index in [-0.39, 0.29) is 35.6 Å². The Balaban J connectivity index is 0.000000289. The Morgan fingerprint density at radius 2 is 1.55 bits per heavy atom. The summed E-state index contributed by atoms with van der Waals surface area (Å²) in [6.45, 7) is 11.3. The third kappa shape index (κ3) is 15.8. The molecule has 22 heteroatoms. The highest BCUT2D eigenvalue weighted by Gasteiger charge is 2.36. The standard InChI is InChI=1S/C23H28ClN3O5S.C21H33N4O6PS/c1-32-21-12-9-17(24)15-20(21)22(28)25-14-13-16-7-10-19(11-8-16)33(30,31)27-23(29)26-18-5-3-2-4-6-18;1-7-29-19(26)13(5)24-32(28,25-14(6)20(27)30-8-2)17-10-9-15(31-17)18-16(11-12(3)4)33-21(22)23-18/h7-12,15,18H,2-6,13-14H2,1H3,(H,25,28)(H2,26,27,29);9-10,12-14H,7-8,11H2,1-6H3,(H2,22,23)(H2,24,25,28)/t;13-,14-/m.0/s1. The number of benzene rings is 2. The van der Waals surface area contributed by atoms with Gasteiger partial charge in [-0.1, -0.05) is 56.8 Å². The van der Waals surface area contributed by atoms with Crippen LogP contribution >= 0.6 is 30.4 Å². The van der Waals surface area contributed by atoms with Gasteiger partial charge >= 0.3 is 18.0 Å². The average Bonchev–Trinajstić information content (AvgIpc) is 3.91. The minimum absolute atomic E-state index is 0.00209. The minimum Gasteiger partial charge on any atom is -0.496 e. The maximum Gasteiger partial charge on any atom is 0.328 e. The number of ether oxygens (including phenoxy) is 3. The molecule has 2 atom stereocenters. The van der Waals surface area contributed by atoms with Crippen LogP contribution in [0.5, 0.6) is 5.75 Å². The number of nitrogen functional groups attached to an aromatic ring is 1. The second-order valence-corrected chi connectivity index (χ2v) is 21.2. The molecule has 0 spiro atoms. The number of halogens is 1. The summed E-state index contributed by atoms with van der Waals surface area (Å²) in [5.41, 5.74) is 7.71. The summed E-state index contributed by atoms with van der Waals surface area (Å²) in [5, 5.41) is 11.9. The summed E-state index contributed by atoms with van der Waals surface area (Å²) in [6.07, 6.45) is 6.19. The largest absolute Gasteiger partial charge is 0.496 e. The Morgan fingerprint density at radius 1 is 0.924 bits per heavy atom. The molecule has 18 nitrogen and oxygen atoms in total. The van der Waals surface area contributed by atoms with Crippen molar-refractivity contribution in [2.45, 2.75) is 110 Å². The van der Waals surface area contributed by atoms with Gasteiger partial charge in [0, 0.05) is 22.5 Å². The molecular weight excluding hydrogens is 933 g/mol. The number of nitrogens with one attached hydrogen (secondary N) is 5. The molecule has 1 aliphatic carbocycles. The maximum atomic E-state index is 14.0. The monoisotopic (exact) mass is 993 g/mol. The van der Waals surface area contributed by atoms with Gasteiger partial charge in [-0.15, -0.1) is 11.3 Å². The number of urea groups is 1. The van der Waals surface area contributed by atoms with Crippen LogP contribution in [0.3, 0.4) is 0 Å². The van der Waals surface area contributed by atoms with Crippen molar-refractivity contribution in [1.82, 2.24) is 30.5 Å². The summed E-state index contributed by atoms with van der Waals surface area (Å²) in [5.74, 6) is -0.287. The molecule has 7 N–H and O–H groups in total. The molecule has 0 aliphatic heterocycles. The Kier molecular flexibility index (Phi) is 20.5. The smallest absolute Gasteiger partial charge is 0.328 e. The number of carbonyl (C=O) groups is 4. The first-order chi connectivity index (χ1) is 31.3. The summed E-state index contributed by atoms with van der Waals surface area (Å²) < 4.78 is 62.2. The predicted molar refractivity (Wildman–Crippen MR) is 255 cm³/mol. The minimum atomic E-state index is -3.97. The van der Waals surface area contributed by atoms with Gasteiger partial charge in [-0.05, 0) is 107 Å². The number of nitrogens with zero attached hydrogens (tertiary/aromatic N) is 1. The van der Waals surface area contributed by atoms with E-state index in [1.165, 1.54) is 56.6 Å². The zero-order chi connectivity index (χ0) is 48.6. The van der Waals surface area contributed by atoms with Crippen LogP contribution < -0.4 is 41.5 Å². The number of hydrogen-bond acceptors (Lipinski definition) is 14. The number of furan rings is 1. The van der Waals surface area contributed by atoms with Gasteiger partial charge in [0.25, 0.3) is 23.4 Å². The van der Waals surface area contributed by atoms with Crippen molar-refractivity contribution in [3.8, 4) is 17.2 Å². The molecule has 0 bridgehead atoms. The van der Waals surface area contributed by atoms with E-state index in [1.54, 1.807) is 44.2 Å². The fourth-order valence-corrected chi connectivity index (χ4v) is 11.1. The molecule has 4 aromatic rings. The molecule has 0 radical (unpaired) electrons. The van der Waals surface area contributed by atoms with Gasteiger partial charge in [-0.25, -0.2) is 33.1 Å². The number of nitrogens with two attached hydrogens (primary N) is 1. The average molecular weight is 995 g/mol. The van der Waals surface area contributed by atoms with Gasteiger partial charge in [0.05, 0.1) is 30.8 Å². The summed E-state index contributed by atoms with van der Waals surface area (Å²) in [4.78, 5) is 54.2. The van der Waals surface area contributed by atoms with E-state index in [2.05, 4.69) is 44.4 Å². The fraction of sp³-hybridized carbons (Fsp3) is 0.477. The molecule has 5 rings (SSSR count). The van der Waals surface area contributed by atoms with E-state index in [0.717, 1.165) is 49.0 Å². The van der Waals surface area contributed by atoms with Crippen molar-refractivity contribution < 1.29 is 50.8 Å². The molecular formula is C44H61ClN7O11PS2. The van der Waals surface area contributed by atoms with Crippen LogP contribution in [0.2, 0.25) is 5.02 Å². The first kappa shape index (κ1) is 53.6. The van der Waals surface area contributed by atoms with E-state index >= 15 is 0 Å². The van der Waals surface area contributed by atoms with Crippen molar-refractivity contribution in [3.05, 3.63) is 75.6 Å². The molecule has 3 amide bonds. The molecule has 0 unspecified atom stereocenters. The quantitative estimate of drug-likeness (QED) is 0.0396. The number of methoxy groups -OCH3 is 1. The highest BCUT2D eigenvalue weighted by Crippen LogP contribution is 2.40. The van der Waals surface area contributed by atoms with E-state index in [9.17, 15) is 32.2 Å². The Bertz CT molecular complexity index is 2390. The van der Waals surface area contributed by atoms with Crippen molar-refractivity contribution in [2.24, 2.45) is 5.92 Å². The van der Waals surface area contributed by atoms with Crippen LogP contribution in [0.15, 0.2) is 63.9 Å². The fourth-order valence-electron chi connectivity index (χ4n) is 6.80.